The van der Waals surface area contributed by atoms with Crippen molar-refractivity contribution in [2.45, 2.75) is 43.4 Å². The van der Waals surface area contributed by atoms with Crippen molar-refractivity contribution in [3.05, 3.63) is 41.2 Å². The number of carbonyl (C=O) groups is 1. The molecule has 1 fully saturated rings. The fourth-order valence-corrected chi connectivity index (χ4v) is 4.14. The molecule has 4 rings (SSSR count). The summed E-state index contributed by atoms with van der Waals surface area (Å²) in [4.78, 5) is 12.8. The molecule has 0 unspecified atom stereocenters. The lowest BCUT2D eigenvalue weighted by molar-refractivity contribution is -0.137. The van der Waals surface area contributed by atoms with Crippen LogP contribution in [0, 0.1) is 0 Å². The van der Waals surface area contributed by atoms with Gasteiger partial charge in [0, 0.05) is 25.0 Å². The minimum absolute atomic E-state index is 0.00486. The number of piperidine rings is 1. The number of fused-ring (bicyclic) bond motifs is 2. The first kappa shape index (κ1) is 17.0. The summed E-state index contributed by atoms with van der Waals surface area (Å²) in [6.45, 7) is 1.96. The number of aromatic nitrogens is 3. The Hall–Kier alpha value is -2.42. The maximum Gasteiger partial charge on any atom is 0.416 e. The molecule has 1 amide bonds. The third-order valence-electron chi connectivity index (χ3n) is 5.22. The molecule has 138 valence electrons. The van der Waals surface area contributed by atoms with E-state index >= 15 is 0 Å². The number of amides is 1. The zero-order chi connectivity index (χ0) is 18.7. The van der Waals surface area contributed by atoms with Gasteiger partial charge in [-0.1, -0.05) is 11.3 Å². The van der Waals surface area contributed by atoms with Gasteiger partial charge in [-0.25, -0.2) is 0 Å². The average Bonchev–Trinajstić information content (AvgIpc) is 3.09. The summed E-state index contributed by atoms with van der Waals surface area (Å²) in [5.74, 6) is -0.255. The molecule has 26 heavy (non-hydrogen) atoms. The highest BCUT2D eigenvalue weighted by Gasteiger charge is 2.52. The van der Waals surface area contributed by atoms with Gasteiger partial charge in [-0.3, -0.25) is 9.48 Å². The van der Waals surface area contributed by atoms with Crippen molar-refractivity contribution in [3.63, 3.8) is 0 Å². The highest BCUT2D eigenvalue weighted by atomic mass is 19.4. The molecule has 2 aromatic rings. The number of halogens is 3. The summed E-state index contributed by atoms with van der Waals surface area (Å²) >= 11 is 0. The van der Waals surface area contributed by atoms with Gasteiger partial charge in [-0.2, -0.15) is 13.2 Å². The summed E-state index contributed by atoms with van der Waals surface area (Å²) < 4.78 is 40.6. The van der Waals surface area contributed by atoms with E-state index in [1.807, 2.05) is 6.92 Å². The summed E-state index contributed by atoms with van der Waals surface area (Å²) in [6, 6.07) is 3.29. The summed E-state index contributed by atoms with van der Waals surface area (Å²) in [5.41, 5.74) is -0.0472. The van der Waals surface area contributed by atoms with Gasteiger partial charge >= 0.3 is 6.18 Å². The summed E-state index contributed by atoms with van der Waals surface area (Å²) in [6.07, 6.45) is -1.74. The molecule has 0 radical (unpaired) electrons. The van der Waals surface area contributed by atoms with Crippen molar-refractivity contribution in [3.8, 4) is 0 Å². The number of alkyl halides is 3. The van der Waals surface area contributed by atoms with Crippen molar-refractivity contribution < 1.29 is 18.0 Å². The van der Waals surface area contributed by atoms with E-state index in [2.05, 4.69) is 20.9 Å². The van der Waals surface area contributed by atoms with Crippen LogP contribution in [0.15, 0.2) is 24.4 Å². The number of benzene rings is 1. The van der Waals surface area contributed by atoms with Crippen LogP contribution < -0.4 is 10.6 Å². The molecule has 1 aromatic heterocycles. The second-order valence-corrected chi connectivity index (χ2v) is 7.14. The Morgan fingerprint density at radius 2 is 2.08 bits per heavy atom. The zero-order valence-corrected chi connectivity index (χ0v) is 14.3. The highest BCUT2D eigenvalue weighted by Crippen LogP contribution is 2.49. The number of carbonyl (C=O) groups excluding carboxylic acids is 1. The minimum atomic E-state index is -4.45. The molecule has 2 N–H and O–H groups in total. The van der Waals surface area contributed by atoms with Crippen molar-refractivity contribution in [1.82, 2.24) is 20.3 Å². The molecule has 1 spiro atoms. The molecular formula is C17H18F3N5O. The predicted octanol–water partition coefficient (Wildman–Crippen LogP) is 2.54. The molecule has 1 saturated heterocycles. The second-order valence-electron chi connectivity index (χ2n) is 7.14. The first-order valence-corrected chi connectivity index (χ1v) is 8.34. The number of nitrogens with one attached hydrogen (secondary N) is 2. The molecular weight excluding hydrogens is 347 g/mol. The standard InChI is InChI=1S/C17H18F3N5O/c1-9-6-16(7-13(21-9)14-8-25(2)24-23-14)11-4-3-10(17(18,19)20)5-12(11)22-15(16)26/h3-5,8-9,13,21H,6-7H2,1-2H3,(H,22,26)/t9-,13-,16-/m0/s1. The molecule has 2 aliphatic rings. The van der Waals surface area contributed by atoms with Gasteiger partial charge in [0.15, 0.2) is 0 Å². The van der Waals surface area contributed by atoms with E-state index in [1.165, 1.54) is 6.07 Å². The molecule has 1 aromatic carbocycles. The maximum atomic E-state index is 13.0. The monoisotopic (exact) mass is 365 g/mol. The van der Waals surface area contributed by atoms with Gasteiger partial charge in [0.2, 0.25) is 5.91 Å². The molecule has 6 nitrogen and oxygen atoms in total. The quantitative estimate of drug-likeness (QED) is 0.815. The van der Waals surface area contributed by atoms with E-state index < -0.39 is 17.2 Å². The van der Waals surface area contributed by atoms with Crippen LogP contribution >= 0.6 is 0 Å². The molecule has 2 aliphatic heterocycles. The topological polar surface area (TPSA) is 71.8 Å². The molecule has 9 heteroatoms. The molecule has 0 saturated carbocycles. The molecule has 3 heterocycles. The highest BCUT2D eigenvalue weighted by molar-refractivity contribution is 6.06. The van der Waals surface area contributed by atoms with Crippen LogP contribution in [0.3, 0.4) is 0 Å². The largest absolute Gasteiger partial charge is 0.416 e. The Balaban J connectivity index is 1.75. The zero-order valence-electron chi connectivity index (χ0n) is 14.3. The van der Waals surface area contributed by atoms with Crippen LogP contribution in [0.4, 0.5) is 18.9 Å². The number of nitrogens with zero attached hydrogens (tertiary/aromatic N) is 3. The van der Waals surface area contributed by atoms with Crippen LogP contribution in [-0.2, 0) is 23.4 Å². The van der Waals surface area contributed by atoms with E-state index in [1.54, 1.807) is 17.9 Å². The van der Waals surface area contributed by atoms with Gasteiger partial charge in [-0.15, -0.1) is 5.10 Å². The SMILES string of the molecule is C[C@H]1C[C@@]2(C[C@@H](c3cn(C)nn3)N1)C(=O)Nc1cc(C(F)(F)F)ccc12. The van der Waals surface area contributed by atoms with E-state index in [0.717, 1.165) is 12.1 Å². The first-order chi connectivity index (χ1) is 12.2. The minimum Gasteiger partial charge on any atom is -0.325 e. The van der Waals surface area contributed by atoms with Gasteiger partial charge < -0.3 is 10.6 Å². The lowest BCUT2D eigenvalue weighted by atomic mass is 9.69. The number of rotatable bonds is 1. The van der Waals surface area contributed by atoms with Crippen LogP contribution in [0.2, 0.25) is 0 Å². The van der Waals surface area contributed by atoms with Gasteiger partial charge in [0.05, 0.1) is 22.7 Å². The Morgan fingerprint density at radius 1 is 1.31 bits per heavy atom. The van der Waals surface area contributed by atoms with Crippen molar-refractivity contribution in [2.24, 2.45) is 7.05 Å². The predicted molar refractivity (Wildman–Crippen MR) is 87.3 cm³/mol. The smallest absolute Gasteiger partial charge is 0.325 e. The fourth-order valence-electron chi connectivity index (χ4n) is 4.14. The average molecular weight is 365 g/mol. The van der Waals surface area contributed by atoms with Crippen molar-refractivity contribution in [2.75, 3.05) is 5.32 Å². The van der Waals surface area contributed by atoms with Crippen LogP contribution in [0.5, 0.6) is 0 Å². The molecule has 3 atom stereocenters. The van der Waals surface area contributed by atoms with Crippen LogP contribution in [0.1, 0.15) is 42.6 Å². The number of anilines is 1. The Morgan fingerprint density at radius 3 is 2.73 bits per heavy atom. The van der Waals surface area contributed by atoms with E-state index in [9.17, 15) is 18.0 Å². The van der Waals surface area contributed by atoms with Crippen LogP contribution in [-0.4, -0.2) is 26.9 Å². The Labute approximate surface area is 147 Å². The van der Waals surface area contributed by atoms with Gasteiger partial charge in [0.1, 0.15) is 0 Å². The van der Waals surface area contributed by atoms with E-state index in [-0.39, 0.29) is 23.7 Å². The molecule has 0 bridgehead atoms. The van der Waals surface area contributed by atoms with E-state index in [0.29, 0.717) is 24.1 Å². The number of hydrogen-bond donors (Lipinski definition) is 2. The van der Waals surface area contributed by atoms with Crippen molar-refractivity contribution >= 4 is 11.6 Å². The lowest BCUT2D eigenvalue weighted by Gasteiger charge is -2.40. The number of hydrogen-bond acceptors (Lipinski definition) is 4. The lowest BCUT2D eigenvalue weighted by Crippen LogP contribution is -2.50. The maximum absolute atomic E-state index is 13.0. The van der Waals surface area contributed by atoms with Gasteiger partial charge in [0.25, 0.3) is 0 Å². The van der Waals surface area contributed by atoms with Crippen LogP contribution in [0.25, 0.3) is 0 Å². The third-order valence-corrected chi connectivity index (χ3v) is 5.22. The Kier molecular flexibility index (Phi) is 3.62. The summed E-state index contributed by atoms with van der Waals surface area (Å²) in [7, 11) is 1.76. The van der Waals surface area contributed by atoms with Crippen molar-refractivity contribution in [1.29, 1.82) is 0 Å². The normalized spacial score (nSPS) is 28.3. The van der Waals surface area contributed by atoms with Gasteiger partial charge in [-0.05, 0) is 37.5 Å². The second kappa shape index (κ2) is 5.54. The number of aryl methyl sites for hydroxylation is 1. The Bertz CT molecular complexity index is 878. The third kappa shape index (κ3) is 2.57. The summed E-state index contributed by atoms with van der Waals surface area (Å²) in [5, 5.41) is 14.1. The molecule has 0 aliphatic carbocycles. The van der Waals surface area contributed by atoms with E-state index in [4.69, 9.17) is 0 Å². The first-order valence-electron chi connectivity index (χ1n) is 8.34. The fraction of sp³-hybridized carbons (Fsp3) is 0.471.